The van der Waals surface area contributed by atoms with E-state index in [2.05, 4.69) is 48.1 Å². The average molecular weight is 352 g/mol. The summed E-state index contributed by atoms with van der Waals surface area (Å²) in [5.74, 6) is 0.0518. The zero-order valence-corrected chi connectivity index (χ0v) is 15.2. The van der Waals surface area contributed by atoms with Crippen LogP contribution in [0.5, 0.6) is 0 Å². The van der Waals surface area contributed by atoms with Crippen molar-refractivity contribution in [3.05, 3.63) is 101 Å². The molecule has 132 valence electrons. The van der Waals surface area contributed by atoms with Gasteiger partial charge in [0.25, 0.3) is 5.91 Å². The fourth-order valence-corrected chi connectivity index (χ4v) is 4.09. The van der Waals surface area contributed by atoms with Gasteiger partial charge >= 0.3 is 0 Å². The number of benzene rings is 3. The van der Waals surface area contributed by atoms with Crippen molar-refractivity contribution in [3.63, 3.8) is 0 Å². The van der Waals surface area contributed by atoms with Crippen molar-refractivity contribution in [3.8, 4) is 0 Å². The normalized spacial score (nSPS) is 13.1. The Balaban J connectivity index is 1.68. The Kier molecular flexibility index (Phi) is 3.61. The molecule has 0 N–H and O–H groups in total. The van der Waals surface area contributed by atoms with Gasteiger partial charge in [-0.15, -0.1) is 0 Å². The summed E-state index contributed by atoms with van der Waals surface area (Å²) in [5, 5.41) is 2.09. The minimum Gasteiger partial charge on any atom is -0.354 e. The van der Waals surface area contributed by atoms with E-state index in [1.54, 1.807) is 0 Å². The molecule has 0 fully saturated rings. The summed E-state index contributed by atoms with van der Waals surface area (Å²) in [4.78, 5) is 15.6. The maximum atomic E-state index is 13.7. The van der Waals surface area contributed by atoms with Crippen molar-refractivity contribution in [2.45, 2.75) is 13.0 Å². The number of aryl methyl sites for hydroxylation is 1. The molecule has 5 rings (SSSR count). The highest BCUT2D eigenvalue weighted by Crippen LogP contribution is 2.33. The number of para-hydroxylation sites is 1. The van der Waals surface area contributed by atoms with Gasteiger partial charge in [-0.1, -0.05) is 54.6 Å². The third-order valence-electron chi connectivity index (χ3n) is 5.53. The standard InChI is InChI=1S/C24H20N2O/c1-25-14-13-19-16-26(22-12-5-3-8-18(22)15-23(19)25)24(27)21-11-6-9-17-7-2-4-10-20(17)21/h2-14H,15-16H2,1H3. The van der Waals surface area contributed by atoms with Crippen LogP contribution in [0, 0.1) is 0 Å². The quantitative estimate of drug-likeness (QED) is 0.477. The number of amides is 1. The Morgan fingerprint density at radius 2 is 1.63 bits per heavy atom. The lowest BCUT2D eigenvalue weighted by molar-refractivity contribution is 0.0987. The Bertz CT molecular complexity index is 1170. The smallest absolute Gasteiger partial charge is 0.259 e. The van der Waals surface area contributed by atoms with Crippen molar-refractivity contribution in [2.24, 2.45) is 7.05 Å². The van der Waals surface area contributed by atoms with Gasteiger partial charge in [0, 0.05) is 36.6 Å². The largest absolute Gasteiger partial charge is 0.354 e. The summed E-state index contributed by atoms with van der Waals surface area (Å²) in [6, 6.07) is 24.4. The van der Waals surface area contributed by atoms with Crippen molar-refractivity contribution >= 4 is 22.4 Å². The number of fused-ring (bicyclic) bond motifs is 3. The van der Waals surface area contributed by atoms with Crippen LogP contribution in [0.3, 0.4) is 0 Å². The lowest BCUT2D eigenvalue weighted by Crippen LogP contribution is -2.30. The first kappa shape index (κ1) is 15.9. The molecule has 1 aliphatic heterocycles. The van der Waals surface area contributed by atoms with E-state index >= 15 is 0 Å². The second kappa shape index (κ2) is 6.13. The molecule has 4 aromatic rings. The highest BCUT2D eigenvalue weighted by Gasteiger charge is 2.26. The van der Waals surface area contributed by atoms with Crippen LogP contribution in [-0.4, -0.2) is 10.5 Å². The maximum absolute atomic E-state index is 13.7. The lowest BCUT2D eigenvalue weighted by atomic mass is 10.0. The molecule has 0 spiro atoms. The van der Waals surface area contributed by atoms with Gasteiger partial charge in [0.15, 0.2) is 0 Å². The summed E-state index contributed by atoms with van der Waals surface area (Å²) >= 11 is 0. The van der Waals surface area contributed by atoms with Crippen molar-refractivity contribution in [2.75, 3.05) is 4.90 Å². The SMILES string of the molecule is Cn1ccc2c1Cc1ccccc1N(C(=O)c1cccc3ccccc13)C2. The van der Waals surface area contributed by atoms with Gasteiger partial charge in [-0.05, 0) is 40.1 Å². The van der Waals surface area contributed by atoms with Gasteiger partial charge < -0.3 is 9.47 Å². The van der Waals surface area contributed by atoms with Crippen molar-refractivity contribution in [1.82, 2.24) is 4.57 Å². The van der Waals surface area contributed by atoms with Gasteiger partial charge in [-0.3, -0.25) is 4.79 Å². The highest BCUT2D eigenvalue weighted by molar-refractivity contribution is 6.14. The van der Waals surface area contributed by atoms with E-state index in [0.29, 0.717) is 6.54 Å². The molecular formula is C24H20N2O. The van der Waals surface area contributed by atoms with E-state index < -0.39 is 0 Å². The predicted molar refractivity (Wildman–Crippen MR) is 109 cm³/mol. The van der Waals surface area contributed by atoms with Crippen LogP contribution in [0.2, 0.25) is 0 Å². The third kappa shape index (κ3) is 2.55. The van der Waals surface area contributed by atoms with Crippen LogP contribution in [0.25, 0.3) is 10.8 Å². The molecule has 1 amide bonds. The minimum atomic E-state index is 0.0518. The van der Waals surface area contributed by atoms with Gasteiger partial charge in [-0.25, -0.2) is 0 Å². The van der Waals surface area contributed by atoms with Crippen LogP contribution in [0.1, 0.15) is 27.2 Å². The molecule has 27 heavy (non-hydrogen) atoms. The Hall–Kier alpha value is -3.33. The van der Waals surface area contributed by atoms with E-state index in [1.165, 1.54) is 16.8 Å². The van der Waals surface area contributed by atoms with Crippen LogP contribution < -0.4 is 4.90 Å². The Labute approximate surface area is 158 Å². The molecule has 0 saturated carbocycles. The summed E-state index contributed by atoms with van der Waals surface area (Å²) in [5.41, 5.74) is 5.43. The third-order valence-corrected chi connectivity index (χ3v) is 5.53. The molecule has 0 saturated heterocycles. The second-order valence-electron chi connectivity index (χ2n) is 7.12. The summed E-state index contributed by atoms with van der Waals surface area (Å²) in [6.45, 7) is 0.593. The van der Waals surface area contributed by atoms with E-state index in [1.807, 2.05) is 47.4 Å². The number of carbonyl (C=O) groups is 1. The summed E-state index contributed by atoms with van der Waals surface area (Å²) < 4.78 is 2.16. The van der Waals surface area contributed by atoms with Gasteiger partial charge in [0.05, 0.1) is 6.54 Å². The number of anilines is 1. The van der Waals surface area contributed by atoms with Crippen LogP contribution in [-0.2, 0) is 20.0 Å². The van der Waals surface area contributed by atoms with Crippen LogP contribution >= 0.6 is 0 Å². The molecule has 1 aromatic heterocycles. The molecule has 0 aliphatic carbocycles. The topological polar surface area (TPSA) is 25.2 Å². The van der Waals surface area contributed by atoms with Crippen LogP contribution in [0.4, 0.5) is 5.69 Å². The van der Waals surface area contributed by atoms with E-state index in [-0.39, 0.29) is 5.91 Å². The van der Waals surface area contributed by atoms with E-state index in [4.69, 9.17) is 0 Å². The number of nitrogens with zero attached hydrogens (tertiary/aromatic N) is 2. The Morgan fingerprint density at radius 1 is 0.852 bits per heavy atom. The van der Waals surface area contributed by atoms with Crippen molar-refractivity contribution < 1.29 is 4.79 Å². The van der Waals surface area contributed by atoms with Crippen LogP contribution in [0.15, 0.2) is 79.0 Å². The molecule has 0 unspecified atom stereocenters. The molecule has 2 heterocycles. The molecule has 3 heteroatoms. The first-order valence-corrected chi connectivity index (χ1v) is 9.23. The maximum Gasteiger partial charge on any atom is 0.259 e. The zero-order valence-electron chi connectivity index (χ0n) is 15.2. The first-order chi connectivity index (χ1) is 13.2. The molecule has 3 aromatic carbocycles. The molecule has 3 nitrogen and oxygen atoms in total. The summed E-state index contributed by atoms with van der Waals surface area (Å²) in [6.07, 6.45) is 2.92. The number of hydrogen-bond acceptors (Lipinski definition) is 1. The first-order valence-electron chi connectivity index (χ1n) is 9.23. The predicted octanol–water partition coefficient (Wildman–Crippen LogP) is 4.93. The molecule has 0 radical (unpaired) electrons. The van der Waals surface area contributed by atoms with E-state index in [9.17, 15) is 4.79 Å². The molecule has 1 aliphatic rings. The fraction of sp³-hybridized carbons (Fsp3) is 0.125. The molecule has 0 atom stereocenters. The molecular weight excluding hydrogens is 332 g/mol. The number of rotatable bonds is 1. The monoisotopic (exact) mass is 352 g/mol. The summed E-state index contributed by atoms with van der Waals surface area (Å²) in [7, 11) is 2.07. The average Bonchev–Trinajstić information content (AvgIpc) is 2.96. The number of hydrogen-bond donors (Lipinski definition) is 0. The van der Waals surface area contributed by atoms with Gasteiger partial charge in [0.2, 0.25) is 0 Å². The number of carbonyl (C=O) groups excluding carboxylic acids is 1. The van der Waals surface area contributed by atoms with Gasteiger partial charge in [-0.2, -0.15) is 0 Å². The van der Waals surface area contributed by atoms with E-state index in [0.717, 1.165) is 28.4 Å². The van der Waals surface area contributed by atoms with Gasteiger partial charge in [0.1, 0.15) is 0 Å². The van der Waals surface area contributed by atoms with Crippen molar-refractivity contribution in [1.29, 1.82) is 0 Å². The Morgan fingerprint density at radius 3 is 2.56 bits per heavy atom. The fourth-order valence-electron chi connectivity index (χ4n) is 4.09. The lowest BCUT2D eigenvalue weighted by Gasteiger charge is -2.24. The highest BCUT2D eigenvalue weighted by atomic mass is 16.2. The second-order valence-corrected chi connectivity index (χ2v) is 7.12. The zero-order chi connectivity index (χ0) is 18.4. The minimum absolute atomic E-state index is 0.0518. The molecule has 0 bridgehead atoms. The number of aromatic nitrogens is 1.